The highest BCUT2D eigenvalue weighted by Crippen LogP contribution is 2.15. The van der Waals surface area contributed by atoms with E-state index >= 15 is 0 Å². The van der Waals surface area contributed by atoms with Crippen LogP contribution in [-0.2, 0) is 0 Å². The van der Waals surface area contributed by atoms with Gasteiger partial charge in [0.2, 0.25) is 0 Å². The van der Waals surface area contributed by atoms with Crippen molar-refractivity contribution in [2.75, 3.05) is 0 Å². The van der Waals surface area contributed by atoms with Crippen LogP contribution in [0.5, 0.6) is 0 Å². The lowest BCUT2D eigenvalue weighted by atomic mass is 10.0. The van der Waals surface area contributed by atoms with Crippen LogP contribution in [0.4, 0.5) is 0 Å². The first-order chi connectivity index (χ1) is 5.79. The SMILES string of the molecule is C1CCC1.Clc1cccc(Cl)c1. The van der Waals surface area contributed by atoms with Crippen LogP contribution in [0.3, 0.4) is 0 Å². The van der Waals surface area contributed by atoms with Crippen LogP contribution in [0, 0.1) is 0 Å². The monoisotopic (exact) mass is 202 g/mol. The second kappa shape index (κ2) is 5.45. The molecule has 1 aromatic carbocycles. The Kier molecular flexibility index (Phi) is 4.49. The van der Waals surface area contributed by atoms with Gasteiger partial charge in [0.25, 0.3) is 0 Å². The van der Waals surface area contributed by atoms with Gasteiger partial charge >= 0.3 is 0 Å². The molecule has 0 heterocycles. The summed E-state index contributed by atoms with van der Waals surface area (Å²) >= 11 is 11.1. The molecule has 0 bridgehead atoms. The predicted molar refractivity (Wildman–Crippen MR) is 54.9 cm³/mol. The van der Waals surface area contributed by atoms with Crippen LogP contribution in [0.15, 0.2) is 24.3 Å². The standard InChI is InChI=1S/C6H4Cl2.C4H8/c7-5-2-1-3-6(8)4-5;1-2-4-3-1/h1-4H;1-4H2. The maximum atomic E-state index is 5.56. The molecule has 1 aliphatic carbocycles. The van der Waals surface area contributed by atoms with E-state index in [1.54, 1.807) is 18.2 Å². The Labute approximate surface area is 83.5 Å². The largest absolute Gasteiger partial charge is 0.0843 e. The van der Waals surface area contributed by atoms with Crippen LogP contribution < -0.4 is 0 Å². The molecule has 0 amide bonds. The van der Waals surface area contributed by atoms with Gasteiger partial charge in [-0.2, -0.15) is 0 Å². The molecule has 66 valence electrons. The molecule has 1 fully saturated rings. The molecule has 0 saturated heterocycles. The zero-order chi connectivity index (χ0) is 8.81. The third-order valence-electron chi connectivity index (χ3n) is 1.79. The molecule has 12 heavy (non-hydrogen) atoms. The highest BCUT2D eigenvalue weighted by Gasteiger charge is 1.95. The highest BCUT2D eigenvalue weighted by atomic mass is 35.5. The number of halogens is 2. The fourth-order valence-electron chi connectivity index (χ4n) is 0.710. The molecule has 0 aliphatic heterocycles. The molecule has 0 radical (unpaired) electrons. The summed E-state index contributed by atoms with van der Waals surface area (Å²) in [5.41, 5.74) is 0. The maximum absolute atomic E-state index is 5.56. The fraction of sp³-hybridized carbons (Fsp3) is 0.400. The van der Waals surface area contributed by atoms with Crippen molar-refractivity contribution in [2.24, 2.45) is 0 Å². The van der Waals surface area contributed by atoms with E-state index in [0.29, 0.717) is 10.0 Å². The van der Waals surface area contributed by atoms with Crippen molar-refractivity contribution in [3.05, 3.63) is 34.3 Å². The minimum absolute atomic E-state index is 0.678. The molecule has 0 spiro atoms. The van der Waals surface area contributed by atoms with Crippen LogP contribution >= 0.6 is 23.2 Å². The van der Waals surface area contributed by atoms with Gasteiger partial charge in [-0.05, 0) is 18.2 Å². The molecule has 0 atom stereocenters. The Bertz CT molecular complexity index is 208. The third kappa shape index (κ3) is 3.99. The van der Waals surface area contributed by atoms with Gasteiger partial charge in [0.15, 0.2) is 0 Å². The average molecular weight is 203 g/mol. The summed E-state index contributed by atoms with van der Waals surface area (Å²) in [4.78, 5) is 0. The van der Waals surface area contributed by atoms with Crippen molar-refractivity contribution in [3.63, 3.8) is 0 Å². The summed E-state index contributed by atoms with van der Waals surface area (Å²) in [6, 6.07) is 7.08. The van der Waals surface area contributed by atoms with Crippen molar-refractivity contribution in [2.45, 2.75) is 25.7 Å². The van der Waals surface area contributed by atoms with Crippen LogP contribution in [0.2, 0.25) is 10.0 Å². The van der Waals surface area contributed by atoms with Gasteiger partial charge in [-0.25, -0.2) is 0 Å². The Morgan fingerprint density at radius 1 is 0.833 bits per heavy atom. The third-order valence-corrected chi connectivity index (χ3v) is 2.26. The Balaban J connectivity index is 0.000000150. The zero-order valence-electron chi connectivity index (χ0n) is 6.89. The van der Waals surface area contributed by atoms with Crippen molar-refractivity contribution in [1.29, 1.82) is 0 Å². The number of hydrogen-bond donors (Lipinski definition) is 0. The van der Waals surface area contributed by atoms with Gasteiger partial charge in [-0.3, -0.25) is 0 Å². The molecule has 0 aromatic heterocycles. The first-order valence-electron chi connectivity index (χ1n) is 4.20. The smallest absolute Gasteiger partial charge is 0.0420 e. The molecule has 0 unspecified atom stereocenters. The molecule has 2 heteroatoms. The van der Waals surface area contributed by atoms with Crippen LogP contribution in [-0.4, -0.2) is 0 Å². The van der Waals surface area contributed by atoms with E-state index in [9.17, 15) is 0 Å². The second-order valence-electron chi connectivity index (χ2n) is 2.85. The molecule has 0 N–H and O–H groups in total. The number of hydrogen-bond acceptors (Lipinski definition) is 0. The Morgan fingerprint density at radius 2 is 1.25 bits per heavy atom. The van der Waals surface area contributed by atoms with Gasteiger partial charge in [-0.1, -0.05) is 55.0 Å². The van der Waals surface area contributed by atoms with E-state index < -0.39 is 0 Å². The van der Waals surface area contributed by atoms with Gasteiger partial charge in [-0.15, -0.1) is 0 Å². The summed E-state index contributed by atoms with van der Waals surface area (Å²) < 4.78 is 0. The lowest BCUT2D eigenvalue weighted by Gasteiger charge is -2.05. The van der Waals surface area contributed by atoms with E-state index in [2.05, 4.69) is 0 Å². The van der Waals surface area contributed by atoms with Gasteiger partial charge in [0.1, 0.15) is 0 Å². The lowest BCUT2D eigenvalue weighted by molar-refractivity contribution is 0.504. The predicted octanol–water partition coefficient (Wildman–Crippen LogP) is 4.55. The van der Waals surface area contributed by atoms with Gasteiger partial charge in [0, 0.05) is 10.0 Å². The topological polar surface area (TPSA) is 0 Å². The first-order valence-corrected chi connectivity index (χ1v) is 4.96. The summed E-state index contributed by atoms with van der Waals surface area (Å²) in [7, 11) is 0. The second-order valence-corrected chi connectivity index (χ2v) is 3.73. The molecule has 1 saturated carbocycles. The van der Waals surface area contributed by atoms with Crippen LogP contribution in [0.1, 0.15) is 25.7 Å². The van der Waals surface area contributed by atoms with E-state index in [-0.39, 0.29) is 0 Å². The normalized spacial score (nSPS) is 14.2. The van der Waals surface area contributed by atoms with Crippen LogP contribution in [0.25, 0.3) is 0 Å². The minimum Gasteiger partial charge on any atom is -0.0843 e. The lowest BCUT2D eigenvalue weighted by Crippen LogP contribution is -1.85. The quantitative estimate of drug-likeness (QED) is 0.580. The fourth-order valence-corrected chi connectivity index (χ4v) is 1.15. The number of benzene rings is 1. The van der Waals surface area contributed by atoms with Crippen molar-refractivity contribution in [1.82, 2.24) is 0 Å². The van der Waals surface area contributed by atoms with Crippen molar-refractivity contribution in [3.8, 4) is 0 Å². The van der Waals surface area contributed by atoms with Gasteiger partial charge in [0.05, 0.1) is 0 Å². The Hall–Kier alpha value is -0.200. The van der Waals surface area contributed by atoms with Crippen molar-refractivity contribution < 1.29 is 0 Å². The summed E-state index contributed by atoms with van der Waals surface area (Å²) in [5.74, 6) is 0. The van der Waals surface area contributed by atoms with E-state index in [0.717, 1.165) is 0 Å². The van der Waals surface area contributed by atoms with E-state index in [1.165, 1.54) is 25.7 Å². The van der Waals surface area contributed by atoms with Gasteiger partial charge < -0.3 is 0 Å². The number of rotatable bonds is 0. The minimum atomic E-state index is 0.678. The summed E-state index contributed by atoms with van der Waals surface area (Å²) in [5, 5.41) is 1.36. The molecular weight excluding hydrogens is 191 g/mol. The molecule has 1 aliphatic rings. The average Bonchev–Trinajstić information content (AvgIpc) is 1.81. The summed E-state index contributed by atoms with van der Waals surface area (Å²) in [6.07, 6.45) is 6.00. The van der Waals surface area contributed by atoms with E-state index in [4.69, 9.17) is 23.2 Å². The zero-order valence-corrected chi connectivity index (χ0v) is 8.41. The van der Waals surface area contributed by atoms with Crippen molar-refractivity contribution >= 4 is 23.2 Å². The first kappa shape index (κ1) is 9.88. The molecule has 0 nitrogen and oxygen atoms in total. The molecule has 1 aromatic rings. The van der Waals surface area contributed by atoms with E-state index in [1.807, 2.05) is 6.07 Å². The molecule has 2 rings (SSSR count). The maximum Gasteiger partial charge on any atom is 0.0420 e. The molecular formula is C10H12Cl2. The Morgan fingerprint density at radius 3 is 1.42 bits per heavy atom. The summed E-state index contributed by atoms with van der Waals surface area (Å²) in [6.45, 7) is 0. The highest BCUT2D eigenvalue weighted by molar-refractivity contribution is 6.34.